The minimum atomic E-state index is -0.199. The van der Waals surface area contributed by atoms with E-state index in [9.17, 15) is 4.79 Å². The van der Waals surface area contributed by atoms with Gasteiger partial charge < -0.3 is 25.0 Å². The fourth-order valence-corrected chi connectivity index (χ4v) is 3.42. The molecular weight excluding hydrogens is 394 g/mol. The number of hydrogen-bond donors (Lipinski definition) is 3. The van der Waals surface area contributed by atoms with Crippen LogP contribution in [-0.2, 0) is 0 Å². The van der Waals surface area contributed by atoms with E-state index in [1.54, 1.807) is 6.07 Å². The molecule has 0 aliphatic carbocycles. The van der Waals surface area contributed by atoms with E-state index in [0.29, 0.717) is 22.8 Å². The number of fused-ring (bicyclic) bond motifs is 1. The van der Waals surface area contributed by atoms with Gasteiger partial charge in [-0.25, -0.2) is 0 Å². The van der Waals surface area contributed by atoms with Crippen LogP contribution >= 0.6 is 0 Å². The minimum Gasteiger partial charge on any atom is -0.454 e. The molecule has 0 fully saturated rings. The van der Waals surface area contributed by atoms with Gasteiger partial charge in [-0.3, -0.25) is 9.89 Å². The van der Waals surface area contributed by atoms with E-state index in [4.69, 9.17) is 9.47 Å². The maximum absolute atomic E-state index is 12.6. The highest BCUT2D eigenvalue weighted by Crippen LogP contribution is 2.35. The number of benzene rings is 2. The van der Waals surface area contributed by atoms with Gasteiger partial charge >= 0.3 is 0 Å². The Hall–Kier alpha value is -3.52. The SMILES string of the molecule is CCN(CC)CCNc1ccc(C(=O)Nc2cc(-c3ccc4c(c3)OCO4)n[nH]2)cc1. The molecule has 1 aromatic heterocycles. The second kappa shape index (κ2) is 9.53. The van der Waals surface area contributed by atoms with Gasteiger partial charge in [0.2, 0.25) is 6.79 Å². The molecule has 1 aliphatic heterocycles. The second-order valence-electron chi connectivity index (χ2n) is 7.22. The van der Waals surface area contributed by atoms with Gasteiger partial charge in [-0.2, -0.15) is 5.10 Å². The average Bonchev–Trinajstić information content (AvgIpc) is 3.46. The number of aromatic nitrogens is 2. The largest absolute Gasteiger partial charge is 0.454 e. The van der Waals surface area contributed by atoms with E-state index < -0.39 is 0 Å². The van der Waals surface area contributed by atoms with Gasteiger partial charge in [0.1, 0.15) is 5.82 Å². The zero-order chi connectivity index (χ0) is 21.6. The Morgan fingerprint density at radius 2 is 1.84 bits per heavy atom. The van der Waals surface area contributed by atoms with E-state index in [0.717, 1.165) is 43.2 Å². The Morgan fingerprint density at radius 1 is 1.06 bits per heavy atom. The summed E-state index contributed by atoms with van der Waals surface area (Å²) >= 11 is 0. The highest BCUT2D eigenvalue weighted by atomic mass is 16.7. The van der Waals surface area contributed by atoms with Crippen LogP contribution in [0, 0.1) is 0 Å². The number of rotatable bonds is 9. The molecule has 0 spiro atoms. The molecule has 0 saturated heterocycles. The molecule has 0 bridgehead atoms. The number of anilines is 2. The standard InChI is InChI=1S/C23H27N5O3/c1-3-28(4-2)12-11-24-18-8-5-16(6-9-18)23(29)25-22-14-19(26-27-22)17-7-10-20-21(13-17)31-15-30-20/h5-10,13-14,24H,3-4,11-12,15H2,1-2H3,(H2,25,26,27,29). The maximum Gasteiger partial charge on any atom is 0.256 e. The third-order valence-corrected chi connectivity index (χ3v) is 5.29. The Morgan fingerprint density at radius 3 is 2.61 bits per heavy atom. The molecule has 3 aromatic rings. The third-order valence-electron chi connectivity index (χ3n) is 5.29. The summed E-state index contributed by atoms with van der Waals surface area (Å²) in [7, 11) is 0. The molecule has 8 nitrogen and oxygen atoms in total. The highest BCUT2D eigenvalue weighted by molar-refractivity contribution is 6.04. The minimum absolute atomic E-state index is 0.199. The summed E-state index contributed by atoms with van der Waals surface area (Å²) in [5, 5.41) is 13.4. The highest BCUT2D eigenvalue weighted by Gasteiger charge is 2.15. The molecule has 0 atom stereocenters. The lowest BCUT2D eigenvalue weighted by Gasteiger charge is -2.18. The molecule has 4 rings (SSSR count). The van der Waals surface area contributed by atoms with Gasteiger partial charge in [0.15, 0.2) is 11.5 Å². The van der Waals surface area contributed by atoms with Crippen LogP contribution in [0.2, 0.25) is 0 Å². The summed E-state index contributed by atoms with van der Waals surface area (Å²) in [6, 6.07) is 14.9. The van der Waals surface area contributed by atoms with Gasteiger partial charge in [0.25, 0.3) is 5.91 Å². The van der Waals surface area contributed by atoms with E-state index in [1.165, 1.54) is 0 Å². The zero-order valence-electron chi connectivity index (χ0n) is 17.8. The van der Waals surface area contributed by atoms with Crippen molar-refractivity contribution in [1.29, 1.82) is 0 Å². The van der Waals surface area contributed by atoms with Crippen LogP contribution in [0.25, 0.3) is 11.3 Å². The lowest BCUT2D eigenvalue weighted by atomic mass is 10.1. The predicted molar refractivity (Wildman–Crippen MR) is 121 cm³/mol. The van der Waals surface area contributed by atoms with Crippen LogP contribution in [0.3, 0.4) is 0 Å². The number of likely N-dealkylation sites (N-methyl/N-ethyl adjacent to an activating group) is 1. The Balaban J connectivity index is 1.33. The first-order valence-electron chi connectivity index (χ1n) is 10.5. The summed E-state index contributed by atoms with van der Waals surface area (Å²) in [5.74, 6) is 1.74. The summed E-state index contributed by atoms with van der Waals surface area (Å²) in [6.45, 7) is 8.49. The summed E-state index contributed by atoms with van der Waals surface area (Å²) < 4.78 is 10.7. The molecule has 31 heavy (non-hydrogen) atoms. The van der Waals surface area contributed by atoms with Crippen molar-refractivity contribution in [1.82, 2.24) is 15.1 Å². The molecule has 1 aliphatic rings. The van der Waals surface area contributed by atoms with Crippen molar-refractivity contribution in [3.8, 4) is 22.8 Å². The molecule has 1 amide bonds. The number of hydrogen-bond acceptors (Lipinski definition) is 6. The molecule has 0 unspecified atom stereocenters. The number of H-pyrrole nitrogens is 1. The van der Waals surface area contributed by atoms with Gasteiger partial charge in [-0.05, 0) is 55.6 Å². The number of amides is 1. The third kappa shape index (κ3) is 4.97. The molecule has 8 heteroatoms. The summed E-state index contributed by atoms with van der Waals surface area (Å²) in [4.78, 5) is 14.9. The monoisotopic (exact) mass is 421 g/mol. The zero-order valence-corrected chi connectivity index (χ0v) is 17.8. The predicted octanol–water partition coefficient (Wildman–Crippen LogP) is 3.81. The first-order valence-corrected chi connectivity index (χ1v) is 10.5. The van der Waals surface area contributed by atoms with E-state index in [-0.39, 0.29) is 12.7 Å². The number of aromatic amines is 1. The molecule has 2 heterocycles. The number of nitrogens with zero attached hydrogens (tertiary/aromatic N) is 2. The number of carbonyl (C=O) groups is 1. The van der Waals surface area contributed by atoms with Gasteiger partial charge in [0.05, 0.1) is 5.69 Å². The Bertz CT molecular complexity index is 1030. The Labute approximate surface area is 181 Å². The fraction of sp³-hybridized carbons (Fsp3) is 0.304. The lowest BCUT2D eigenvalue weighted by Crippen LogP contribution is -2.28. The molecular formula is C23H27N5O3. The van der Waals surface area contributed by atoms with Crippen molar-refractivity contribution in [2.75, 3.05) is 43.6 Å². The first kappa shape index (κ1) is 20.7. The molecule has 3 N–H and O–H groups in total. The molecule has 0 saturated carbocycles. The lowest BCUT2D eigenvalue weighted by molar-refractivity contribution is 0.102. The molecule has 0 radical (unpaired) electrons. The maximum atomic E-state index is 12.6. The van der Waals surface area contributed by atoms with Crippen LogP contribution in [-0.4, -0.2) is 54.0 Å². The average molecular weight is 422 g/mol. The van der Waals surface area contributed by atoms with Gasteiger partial charge in [-0.1, -0.05) is 13.8 Å². The number of ether oxygens (including phenoxy) is 2. The topological polar surface area (TPSA) is 91.5 Å². The fourth-order valence-electron chi connectivity index (χ4n) is 3.42. The molecule has 162 valence electrons. The molecule has 2 aromatic carbocycles. The van der Waals surface area contributed by atoms with E-state index >= 15 is 0 Å². The number of carbonyl (C=O) groups excluding carboxylic acids is 1. The first-order chi connectivity index (χ1) is 15.2. The van der Waals surface area contributed by atoms with Gasteiger partial charge in [-0.15, -0.1) is 0 Å². The van der Waals surface area contributed by atoms with Crippen LogP contribution in [0.5, 0.6) is 11.5 Å². The Kier molecular flexibility index (Phi) is 6.37. The van der Waals surface area contributed by atoms with Crippen molar-refractivity contribution >= 4 is 17.4 Å². The van der Waals surface area contributed by atoms with Crippen LogP contribution in [0.1, 0.15) is 24.2 Å². The summed E-state index contributed by atoms with van der Waals surface area (Å²) in [5.41, 5.74) is 3.16. The van der Waals surface area contributed by atoms with Crippen LogP contribution in [0.4, 0.5) is 11.5 Å². The van der Waals surface area contributed by atoms with Crippen molar-refractivity contribution in [3.63, 3.8) is 0 Å². The van der Waals surface area contributed by atoms with Crippen LogP contribution < -0.4 is 20.1 Å². The normalized spacial score (nSPS) is 12.2. The van der Waals surface area contributed by atoms with Crippen molar-refractivity contribution in [2.45, 2.75) is 13.8 Å². The summed E-state index contributed by atoms with van der Waals surface area (Å²) in [6.07, 6.45) is 0. The second-order valence-corrected chi connectivity index (χ2v) is 7.22. The van der Waals surface area contributed by atoms with Crippen molar-refractivity contribution in [2.24, 2.45) is 0 Å². The van der Waals surface area contributed by atoms with Crippen molar-refractivity contribution < 1.29 is 14.3 Å². The van der Waals surface area contributed by atoms with Crippen LogP contribution in [0.15, 0.2) is 48.5 Å². The van der Waals surface area contributed by atoms with Gasteiger partial charge in [0, 0.05) is 36.0 Å². The smallest absolute Gasteiger partial charge is 0.256 e. The van der Waals surface area contributed by atoms with E-state index in [1.807, 2.05) is 42.5 Å². The van der Waals surface area contributed by atoms with E-state index in [2.05, 4.69) is 39.6 Å². The van der Waals surface area contributed by atoms with Crippen molar-refractivity contribution in [3.05, 3.63) is 54.1 Å². The quantitative estimate of drug-likeness (QED) is 0.487. The number of nitrogens with one attached hydrogen (secondary N) is 3.